The molecule has 0 heterocycles. The number of nitrogens with one attached hydrogen (secondary N) is 1. The van der Waals surface area contributed by atoms with Gasteiger partial charge >= 0.3 is 0 Å². The molecule has 0 fully saturated rings. The van der Waals surface area contributed by atoms with Crippen LogP contribution in [-0.4, -0.2) is 6.54 Å². The zero-order valence-corrected chi connectivity index (χ0v) is 14.2. The van der Waals surface area contributed by atoms with Gasteiger partial charge < -0.3 is 11.1 Å². The van der Waals surface area contributed by atoms with Gasteiger partial charge in [0.15, 0.2) is 0 Å². The molecular weight excluding hydrogens is 382 g/mol. The SMILES string of the molecule is NCC(Nc1ccc(Br)c(Cl)c1)c1c(Cl)cccc1Cl. The molecule has 0 aliphatic rings. The summed E-state index contributed by atoms with van der Waals surface area (Å²) >= 11 is 21.9. The summed E-state index contributed by atoms with van der Waals surface area (Å²) in [6, 6.07) is 10.8. The lowest BCUT2D eigenvalue weighted by atomic mass is 10.1. The van der Waals surface area contributed by atoms with Crippen LogP contribution >= 0.6 is 50.7 Å². The Morgan fingerprint density at radius 2 is 1.70 bits per heavy atom. The molecule has 2 rings (SSSR count). The van der Waals surface area contributed by atoms with Crippen LogP contribution in [0.1, 0.15) is 11.6 Å². The van der Waals surface area contributed by atoms with Gasteiger partial charge in [-0.25, -0.2) is 0 Å². The van der Waals surface area contributed by atoms with E-state index in [0.717, 1.165) is 15.7 Å². The molecule has 1 unspecified atom stereocenters. The van der Waals surface area contributed by atoms with E-state index in [1.165, 1.54) is 0 Å². The minimum Gasteiger partial charge on any atom is -0.377 e. The van der Waals surface area contributed by atoms with Crippen LogP contribution in [0.3, 0.4) is 0 Å². The Morgan fingerprint density at radius 1 is 1.05 bits per heavy atom. The fourth-order valence-corrected chi connectivity index (χ4v) is 2.97. The number of hydrogen-bond donors (Lipinski definition) is 2. The molecule has 1 atom stereocenters. The third kappa shape index (κ3) is 3.60. The number of hydrogen-bond acceptors (Lipinski definition) is 2. The van der Waals surface area contributed by atoms with Gasteiger partial charge in [-0.2, -0.15) is 0 Å². The van der Waals surface area contributed by atoms with E-state index >= 15 is 0 Å². The molecule has 0 radical (unpaired) electrons. The molecule has 2 nitrogen and oxygen atoms in total. The van der Waals surface area contributed by atoms with Gasteiger partial charge in [-0.3, -0.25) is 0 Å². The first-order valence-corrected chi connectivity index (χ1v) is 7.81. The van der Waals surface area contributed by atoms with Crippen LogP contribution in [0.4, 0.5) is 5.69 Å². The summed E-state index contributed by atoms with van der Waals surface area (Å²) in [6.45, 7) is 0.358. The Labute approximate surface area is 141 Å². The zero-order valence-electron chi connectivity index (χ0n) is 10.3. The molecule has 0 aliphatic carbocycles. The summed E-state index contributed by atoms with van der Waals surface area (Å²) in [4.78, 5) is 0. The highest BCUT2D eigenvalue weighted by atomic mass is 79.9. The van der Waals surface area contributed by atoms with Crippen molar-refractivity contribution in [3.63, 3.8) is 0 Å². The third-order valence-electron chi connectivity index (χ3n) is 2.84. The Bertz CT molecular complexity index is 599. The normalized spacial score (nSPS) is 12.2. The first-order chi connectivity index (χ1) is 9.52. The zero-order chi connectivity index (χ0) is 14.7. The molecular formula is C14H12BrCl3N2. The fourth-order valence-electron chi connectivity index (χ4n) is 1.88. The Kier molecular flexibility index (Phi) is 5.58. The van der Waals surface area contributed by atoms with E-state index in [-0.39, 0.29) is 6.04 Å². The molecule has 0 aromatic heterocycles. The molecule has 20 heavy (non-hydrogen) atoms. The van der Waals surface area contributed by atoms with Gasteiger partial charge in [0.25, 0.3) is 0 Å². The van der Waals surface area contributed by atoms with Gasteiger partial charge in [-0.1, -0.05) is 40.9 Å². The highest BCUT2D eigenvalue weighted by Gasteiger charge is 2.16. The van der Waals surface area contributed by atoms with Gasteiger partial charge in [0.05, 0.1) is 11.1 Å². The second kappa shape index (κ2) is 7.01. The quantitative estimate of drug-likeness (QED) is 0.716. The topological polar surface area (TPSA) is 38.0 Å². The van der Waals surface area contributed by atoms with Crippen molar-refractivity contribution >= 4 is 56.4 Å². The van der Waals surface area contributed by atoms with E-state index in [0.29, 0.717) is 21.6 Å². The average Bonchev–Trinajstić information content (AvgIpc) is 2.41. The second-order valence-corrected chi connectivity index (χ2v) is 6.27. The summed E-state index contributed by atoms with van der Waals surface area (Å²) in [5.74, 6) is 0. The van der Waals surface area contributed by atoms with Crippen LogP contribution in [0.25, 0.3) is 0 Å². The van der Waals surface area contributed by atoms with E-state index in [1.54, 1.807) is 18.2 Å². The van der Waals surface area contributed by atoms with Gasteiger partial charge in [-0.15, -0.1) is 0 Å². The molecule has 3 N–H and O–H groups in total. The van der Waals surface area contributed by atoms with Crippen molar-refractivity contribution in [3.05, 3.63) is 61.5 Å². The lowest BCUT2D eigenvalue weighted by Gasteiger charge is -2.21. The largest absolute Gasteiger partial charge is 0.377 e. The van der Waals surface area contributed by atoms with Crippen LogP contribution in [0.15, 0.2) is 40.9 Å². The van der Waals surface area contributed by atoms with E-state index in [2.05, 4.69) is 21.2 Å². The molecule has 0 bridgehead atoms. The monoisotopic (exact) mass is 392 g/mol. The maximum atomic E-state index is 6.21. The molecule has 0 amide bonds. The number of anilines is 1. The summed E-state index contributed by atoms with van der Waals surface area (Å²) in [7, 11) is 0. The van der Waals surface area contributed by atoms with Crippen molar-refractivity contribution in [2.45, 2.75) is 6.04 Å². The van der Waals surface area contributed by atoms with Crippen molar-refractivity contribution in [2.75, 3.05) is 11.9 Å². The van der Waals surface area contributed by atoms with Crippen LogP contribution in [0.5, 0.6) is 0 Å². The third-order valence-corrected chi connectivity index (χ3v) is 4.74. The smallest absolute Gasteiger partial charge is 0.0665 e. The number of rotatable bonds is 4. The van der Waals surface area contributed by atoms with E-state index in [9.17, 15) is 0 Å². The maximum absolute atomic E-state index is 6.21. The second-order valence-electron chi connectivity index (χ2n) is 4.20. The predicted octanol–water partition coefficient (Wildman–Crippen LogP) is 5.52. The standard InChI is InChI=1S/C14H12BrCl3N2/c15-9-5-4-8(6-12(9)18)20-13(7-19)14-10(16)2-1-3-11(14)17/h1-6,13,20H,7,19H2. The number of benzene rings is 2. The molecule has 0 saturated heterocycles. The summed E-state index contributed by atoms with van der Waals surface area (Å²) < 4.78 is 0.838. The predicted molar refractivity (Wildman–Crippen MR) is 91.0 cm³/mol. The van der Waals surface area contributed by atoms with Crippen molar-refractivity contribution in [1.82, 2.24) is 0 Å². The number of nitrogens with two attached hydrogens (primary N) is 1. The lowest BCUT2D eigenvalue weighted by molar-refractivity contribution is 0.790. The lowest BCUT2D eigenvalue weighted by Crippen LogP contribution is -2.21. The number of halogens is 4. The van der Waals surface area contributed by atoms with E-state index in [4.69, 9.17) is 40.5 Å². The molecule has 6 heteroatoms. The van der Waals surface area contributed by atoms with Gasteiger partial charge in [-0.05, 0) is 46.3 Å². The highest BCUT2D eigenvalue weighted by molar-refractivity contribution is 9.10. The van der Waals surface area contributed by atoms with Crippen LogP contribution in [-0.2, 0) is 0 Å². The molecule has 0 saturated carbocycles. The highest BCUT2D eigenvalue weighted by Crippen LogP contribution is 2.33. The molecule has 0 spiro atoms. The molecule has 0 aliphatic heterocycles. The summed E-state index contributed by atoms with van der Waals surface area (Å²) in [6.07, 6.45) is 0. The first-order valence-electron chi connectivity index (χ1n) is 5.88. The molecule has 106 valence electrons. The van der Waals surface area contributed by atoms with Crippen LogP contribution < -0.4 is 11.1 Å². The van der Waals surface area contributed by atoms with Gasteiger partial charge in [0.1, 0.15) is 0 Å². The molecule has 2 aromatic carbocycles. The fraction of sp³-hybridized carbons (Fsp3) is 0.143. The maximum Gasteiger partial charge on any atom is 0.0665 e. The minimum absolute atomic E-state index is 0.187. The van der Waals surface area contributed by atoms with Gasteiger partial charge in [0, 0.05) is 32.3 Å². The minimum atomic E-state index is -0.187. The van der Waals surface area contributed by atoms with E-state index < -0.39 is 0 Å². The van der Waals surface area contributed by atoms with Crippen molar-refractivity contribution in [1.29, 1.82) is 0 Å². The van der Waals surface area contributed by atoms with E-state index in [1.807, 2.05) is 18.2 Å². The molecule has 2 aromatic rings. The van der Waals surface area contributed by atoms with Gasteiger partial charge in [0.2, 0.25) is 0 Å². The van der Waals surface area contributed by atoms with Crippen LogP contribution in [0.2, 0.25) is 15.1 Å². The average molecular weight is 395 g/mol. The Morgan fingerprint density at radius 3 is 2.25 bits per heavy atom. The van der Waals surface area contributed by atoms with Crippen molar-refractivity contribution in [2.24, 2.45) is 5.73 Å². The van der Waals surface area contributed by atoms with Crippen molar-refractivity contribution < 1.29 is 0 Å². The summed E-state index contributed by atoms with van der Waals surface area (Å²) in [5, 5.41) is 5.09. The summed E-state index contributed by atoms with van der Waals surface area (Å²) in [5.41, 5.74) is 7.48. The van der Waals surface area contributed by atoms with Crippen molar-refractivity contribution in [3.8, 4) is 0 Å². The first kappa shape index (κ1) is 15.9. The Hall–Kier alpha value is -0.450. The van der Waals surface area contributed by atoms with Crippen LogP contribution in [0, 0.1) is 0 Å². The Balaban J connectivity index is 2.31.